The molecule has 0 heterocycles. The zero-order valence-electron chi connectivity index (χ0n) is 11.5. The molecule has 5 aliphatic carbocycles. The van der Waals surface area contributed by atoms with Gasteiger partial charge < -0.3 is 5.73 Å². The fourth-order valence-electron chi connectivity index (χ4n) is 6.86. The highest BCUT2D eigenvalue weighted by atomic mass is 14.8. The average molecular weight is 233 g/mol. The van der Waals surface area contributed by atoms with E-state index in [1.165, 1.54) is 51.4 Å². The van der Waals surface area contributed by atoms with Crippen molar-refractivity contribution in [3.8, 4) is 0 Å². The van der Waals surface area contributed by atoms with Crippen molar-refractivity contribution in [2.75, 3.05) is 0 Å². The van der Waals surface area contributed by atoms with Crippen molar-refractivity contribution in [1.29, 1.82) is 0 Å². The standard InChI is InChI=1S/C16H27N/c1-14-5-11-6-15(2,8-14)10-16(7-11,9-14)13(17)12-3-4-12/h11-13H,3-10,17H2,1-2H3. The molecule has 4 bridgehead atoms. The third kappa shape index (κ3) is 1.47. The largest absolute Gasteiger partial charge is 0.327 e. The van der Waals surface area contributed by atoms with Gasteiger partial charge in [0.2, 0.25) is 0 Å². The van der Waals surface area contributed by atoms with E-state index in [-0.39, 0.29) is 0 Å². The van der Waals surface area contributed by atoms with E-state index < -0.39 is 0 Å². The SMILES string of the molecule is CC12CC3CC(C)(C1)CC(C(N)C1CC1)(C3)C2. The molecule has 2 N–H and O–H groups in total. The molecule has 5 rings (SSSR count). The van der Waals surface area contributed by atoms with Gasteiger partial charge in [0.1, 0.15) is 0 Å². The summed E-state index contributed by atoms with van der Waals surface area (Å²) in [6, 6.07) is 0.532. The summed E-state index contributed by atoms with van der Waals surface area (Å²) >= 11 is 0. The van der Waals surface area contributed by atoms with Gasteiger partial charge in [0.25, 0.3) is 0 Å². The second-order valence-corrected chi connectivity index (χ2v) is 8.86. The van der Waals surface area contributed by atoms with E-state index in [1.807, 2.05) is 0 Å². The predicted molar refractivity (Wildman–Crippen MR) is 70.5 cm³/mol. The van der Waals surface area contributed by atoms with E-state index in [1.54, 1.807) is 0 Å². The van der Waals surface area contributed by atoms with Gasteiger partial charge in [-0.1, -0.05) is 13.8 Å². The summed E-state index contributed by atoms with van der Waals surface area (Å²) in [5, 5.41) is 0. The molecule has 0 aromatic rings. The Morgan fingerprint density at radius 2 is 1.53 bits per heavy atom. The minimum Gasteiger partial charge on any atom is -0.327 e. The topological polar surface area (TPSA) is 26.0 Å². The molecule has 0 aromatic carbocycles. The molecule has 5 fully saturated rings. The molecule has 0 spiro atoms. The Morgan fingerprint density at radius 3 is 2.00 bits per heavy atom. The first kappa shape index (κ1) is 10.8. The van der Waals surface area contributed by atoms with E-state index in [0.717, 1.165) is 11.8 Å². The molecule has 17 heavy (non-hydrogen) atoms. The van der Waals surface area contributed by atoms with E-state index in [0.29, 0.717) is 22.3 Å². The van der Waals surface area contributed by atoms with Gasteiger partial charge in [0.15, 0.2) is 0 Å². The Labute approximate surface area is 106 Å². The summed E-state index contributed by atoms with van der Waals surface area (Å²) in [4.78, 5) is 0. The molecule has 1 heteroatoms. The molecule has 1 nitrogen and oxygen atoms in total. The summed E-state index contributed by atoms with van der Waals surface area (Å²) in [7, 11) is 0. The van der Waals surface area contributed by atoms with Crippen molar-refractivity contribution in [3.63, 3.8) is 0 Å². The van der Waals surface area contributed by atoms with Gasteiger partial charge >= 0.3 is 0 Å². The van der Waals surface area contributed by atoms with Crippen LogP contribution in [0.3, 0.4) is 0 Å². The van der Waals surface area contributed by atoms with Crippen molar-refractivity contribution in [2.24, 2.45) is 33.8 Å². The maximum atomic E-state index is 6.70. The molecule has 96 valence electrons. The number of hydrogen-bond donors (Lipinski definition) is 1. The maximum absolute atomic E-state index is 6.70. The van der Waals surface area contributed by atoms with Crippen molar-refractivity contribution in [2.45, 2.75) is 71.3 Å². The monoisotopic (exact) mass is 233 g/mol. The molecule has 3 unspecified atom stereocenters. The lowest BCUT2D eigenvalue weighted by Gasteiger charge is -2.67. The minimum atomic E-state index is 0.532. The molecule has 0 aromatic heterocycles. The summed E-state index contributed by atoms with van der Waals surface area (Å²) in [5.74, 6) is 1.89. The normalized spacial score (nSPS) is 58.4. The smallest absolute Gasteiger partial charge is 0.0124 e. The molecule has 0 saturated heterocycles. The first-order valence-electron chi connectivity index (χ1n) is 7.68. The van der Waals surface area contributed by atoms with Crippen LogP contribution < -0.4 is 5.73 Å². The van der Waals surface area contributed by atoms with Crippen LogP contribution in [0.25, 0.3) is 0 Å². The summed E-state index contributed by atoms with van der Waals surface area (Å²) in [6.07, 6.45) is 11.7. The van der Waals surface area contributed by atoms with Gasteiger partial charge in [-0.3, -0.25) is 0 Å². The molecule has 0 aliphatic heterocycles. The Balaban J connectivity index is 1.72. The van der Waals surface area contributed by atoms with Crippen LogP contribution >= 0.6 is 0 Å². The van der Waals surface area contributed by atoms with Crippen LogP contribution in [0.15, 0.2) is 0 Å². The van der Waals surface area contributed by atoms with Crippen LogP contribution in [-0.2, 0) is 0 Å². The van der Waals surface area contributed by atoms with Crippen molar-refractivity contribution in [1.82, 2.24) is 0 Å². The van der Waals surface area contributed by atoms with Gasteiger partial charge in [-0.15, -0.1) is 0 Å². The van der Waals surface area contributed by atoms with E-state index >= 15 is 0 Å². The highest BCUT2D eigenvalue weighted by molar-refractivity contribution is 5.14. The van der Waals surface area contributed by atoms with Crippen LogP contribution in [0.5, 0.6) is 0 Å². The fourth-order valence-corrected chi connectivity index (χ4v) is 6.86. The Bertz CT molecular complexity index is 339. The van der Waals surface area contributed by atoms with Crippen molar-refractivity contribution >= 4 is 0 Å². The summed E-state index contributed by atoms with van der Waals surface area (Å²) in [5.41, 5.74) is 8.52. The number of rotatable bonds is 2. The van der Waals surface area contributed by atoms with Gasteiger partial charge in [-0.2, -0.15) is 0 Å². The van der Waals surface area contributed by atoms with E-state index in [2.05, 4.69) is 13.8 Å². The zero-order valence-corrected chi connectivity index (χ0v) is 11.5. The zero-order chi connectivity index (χ0) is 11.9. The minimum absolute atomic E-state index is 0.532. The molecular formula is C16H27N. The molecule has 3 atom stereocenters. The van der Waals surface area contributed by atoms with Crippen molar-refractivity contribution < 1.29 is 0 Å². The lowest BCUT2D eigenvalue weighted by molar-refractivity contribution is -0.155. The second kappa shape index (κ2) is 2.92. The highest BCUT2D eigenvalue weighted by Gasteiger charge is 2.62. The molecule has 5 saturated carbocycles. The molecular weight excluding hydrogens is 206 g/mol. The molecule has 5 aliphatic rings. The predicted octanol–water partition coefficient (Wildman–Crippen LogP) is 3.72. The van der Waals surface area contributed by atoms with E-state index in [4.69, 9.17) is 5.73 Å². The molecule has 0 amide bonds. The van der Waals surface area contributed by atoms with Crippen LogP contribution in [0.1, 0.15) is 65.2 Å². The van der Waals surface area contributed by atoms with Crippen LogP contribution in [0, 0.1) is 28.1 Å². The maximum Gasteiger partial charge on any atom is 0.0124 e. The average Bonchev–Trinajstić information content (AvgIpc) is 2.92. The quantitative estimate of drug-likeness (QED) is 0.773. The van der Waals surface area contributed by atoms with Gasteiger partial charge in [0, 0.05) is 6.04 Å². The Hall–Kier alpha value is -0.0400. The van der Waals surface area contributed by atoms with Crippen LogP contribution in [-0.4, -0.2) is 6.04 Å². The van der Waals surface area contributed by atoms with Gasteiger partial charge in [-0.25, -0.2) is 0 Å². The summed E-state index contributed by atoms with van der Waals surface area (Å²) < 4.78 is 0. The first-order valence-corrected chi connectivity index (χ1v) is 7.68. The third-order valence-corrected chi connectivity index (χ3v) is 6.51. The third-order valence-electron chi connectivity index (χ3n) is 6.51. The Kier molecular flexibility index (Phi) is 1.86. The number of nitrogens with two attached hydrogens (primary N) is 1. The first-order chi connectivity index (χ1) is 7.92. The Morgan fingerprint density at radius 1 is 0.941 bits per heavy atom. The second-order valence-electron chi connectivity index (χ2n) is 8.86. The highest BCUT2D eigenvalue weighted by Crippen LogP contribution is 2.71. The summed E-state index contributed by atoms with van der Waals surface area (Å²) in [6.45, 7) is 5.12. The van der Waals surface area contributed by atoms with E-state index in [9.17, 15) is 0 Å². The van der Waals surface area contributed by atoms with Crippen LogP contribution in [0.2, 0.25) is 0 Å². The molecule has 0 radical (unpaired) electrons. The van der Waals surface area contributed by atoms with Gasteiger partial charge in [-0.05, 0) is 79.4 Å². The lowest BCUT2D eigenvalue weighted by atomic mass is 9.39. The van der Waals surface area contributed by atoms with Gasteiger partial charge in [0.05, 0.1) is 0 Å². The lowest BCUT2D eigenvalue weighted by Crippen LogP contribution is -2.61. The number of hydrogen-bond acceptors (Lipinski definition) is 1. The fraction of sp³-hybridized carbons (Fsp3) is 1.00. The van der Waals surface area contributed by atoms with Crippen LogP contribution in [0.4, 0.5) is 0 Å². The van der Waals surface area contributed by atoms with Crippen molar-refractivity contribution in [3.05, 3.63) is 0 Å².